The Morgan fingerprint density at radius 3 is 2.52 bits per heavy atom. The zero-order valence-electron chi connectivity index (χ0n) is 12.7. The molecule has 0 spiro atoms. The smallest absolute Gasteiger partial charge is 0.0798 e. The van der Waals surface area contributed by atoms with Crippen LogP contribution in [0.5, 0.6) is 0 Å². The fourth-order valence-corrected chi connectivity index (χ4v) is 3.62. The van der Waals surface area contributed by atoms with Crippen molar-refractivity contribution in [3.05, 3.63) is 50.4 Å². The quantitative estimate of drug-likeness (QED) is 0.834. The van der Waals surface area contributed by atoms with Crippen LogP contribution in [-0.2, 0) is 6.54 Å². The average Bonchev–Trinajstić information content (AvgIpc) is 2.86. The molecule has 2 aromatic rings. The van der Waals surface area contributed by atoms with E-state index in [1.807, 2.05) is 5.51 Å². The summed E-state index contributed by atoms with van der Waals surface area (Å²) in [5, 5.41) is 0. The lowest BCUT2D eigenvalue weighted by molar-refractivity contribution is 0.203. The number of nitrogens with two attached hydrogens (primary N) is 1. The fraction of sp³-hybridized carbons (Fsp3) is 0.438. The number of nitrogens with zero attached hydrogens (tertiary/aromatic N) is 2. The van der Waals surface area contributed by atoms with Crippen LogP contribution in [0.15, 0.2) is 34.2 Å². The Hall–Kier alpha value is -0.750. The van der Waals surface area contributed by atoms with Crippen LogP contribution in [0.25, 0.3) is 0 Å². The normalized spacial score (nSPS) is 14.4. The van der Waals surface area contributed by atoms with Gasteiger partial charge in [0, 0.05) is 28.0 Å². The van der Waals surface area contributed by atoms with Gasteiger partial charge >= 0.3 is 0 Å². The third-order valence-electron chi connectivity index (χ3n) is 3.80. The van der Waals surface area contributed by atoms with Crippen molar-refractivity contribution in [1.29, 1.82) is 0 Å². The molecule has 0 amide bonds. The second-order valence-electron chi connectivity index (χ2n) is 5.34. The molecule has 0 saturated carbocycles. The first-order valence-electron chi connectivity index (χ1n) is 7.13. The van der Waals surface area contributed by atoms with Gasteiger partial charge in [0.2, 0.25) is 0 Å². The number of halogens is 1. The van der Waals surface area contributed by atoms with E-state index in [0.29, 0.717) is 0 Å². The largest absolute Gasteiger partial charge is 0.326 e. The second kappa shape index (κ2) is 7.49. The minimum atomic E-state index is 0.115. The monoisotopic (exact) mass is 367 g/mol. The van der Waals surface area contributed by atoms with Gasteiger partial charge in [-0.3, -0.25) is 4.90 Å². The number of aromatic nitrogens is 1. The van der Waals surface area contributed by atoms with E-state index in [0.717, 1.165) is 23.1 Å². The lowest BCUT2D eigenvalue weighted by atomic mass is 9.96. The number of likely N-dealkylation sites (N-methyl/N-ethyl adjacent to an activating group) is 1. The Morgan fingerprint density at radius 2 is 2.00 bits per heavy atom. The molecule has 3 nitrogen and oxygen atoms in total. The molecule has 0 saturated heterocycles. The maximum absolute atomic E-state index is 6.39. The third kappa shape index (κ3) is 4.13. The highest BCUT2D eigenvalue weighted by atomic mass is 79.9. The van der Waals surface area contributed by atoms with Gasteiger partial charge in [-0.2, -0.15) is 0 Å². The molecule has 0 aliphatic rings. The Morgan fingerprint density at radius 1 is 1.33 bits per heavy atom. The van der Waals surface area contributed by atoms with E-state index in [1.165, 1.54) is 10.4 Å². The van der Waals surface area contributed by atoms with Gasteiger partial charge in [-0.1, -0.05) is 35.0 Å². The molecule has 2 unspecified atom stereocenters. The van der Waals surface area contributed by atoms with Crippen LogP contribution in [0, 0.1) is 6.92 Å². The van der Waals surface area contributed by atoms with Gasteiger partial charge in [-0.25, -0.2) is 4.98 Å². The molecule has 2 atom stereocenters. The summed E-state index contributed by atoms with van der Waals surface area (Å²) in [6.45, 7) is 5.08. The first-order chi connectivity index (χ1) is 10.0. The zero-order chi connectivity index (χ0) is 15.4. The number of rotatable bonds is 6. The van der Waals surface area contributed by atoms with Crippen molar-refractivity contribution >= 4 is 27.3 Å². The van der Waals surface area contributed by atoms with Crippen LogP contribution < -0.4 is 5.73 Å². The summed E-state index contributed by atoms with van der Waals surface area (Å²) in [6.07, 6.45) is 0.951. The standard InChI is InChI=1S/C16H22BrN3S/c1-4-14(18)16(12-5-7-13(17)8-6-12)20(3)9-15-11(2)19-10-21-15/h5-8,10,14,16H,4,9,18H2,1-3H3. The van der Waals surface area contributed by atoms with Crippen molar-refractivity contribution in [2.45, 2.75) is 38.9 Å². The maximum atomic E-state index is 6.39. The summed E-state index contributed by atoms with van der Waals surface area (Å²) in [5.74, 6) is 0. The Labute approximate surface area is 139 Å². The van der Waals surface area contributed by atoms with Gasteiger partial charge in [0.1, 0.15) is 0 Å². The van der Waals surface area contributed by atoms with E-state index in [4.69, 9.17) is 5.73 Å². The van der Waals surface area contributed by atoms with Crippen LogP contribution >= 0.6 is 27.3 Å². The van der Waals surface area contributed by atoms with E-state index in [-0.39, 0.29) is 12.1 Å². The Bertz CT molecular complexity index is 567. The van der Waals surface area contributed by atoms with Gasteiger partial charge in [0.25, 0.3) is 0 Å². The Kier molecular flexibility index (Phi) is 5.93. The molecular weight excluding hydrogens is 346 g/mol. The highest BCUT2D eigenvalue weighted by Gasteiger charge is 2.24. The molecule has 0 aliphatic carbocycles. The molecule has 1 aromatic carbocycles. The van der Waals surface area contributed by atoms with Crippen LogP contribution in [0.2, 0.25) is 0 Å². The summed E-state index contributed by atoms with van der Waals surface area (Å²) < 4.78 is 1.09. The molecule has 0 aliphatic heterocycles. The summed E-state index contributed by atoms with van der Waals surface area (Å²) in [6, 6.07) is 8.79. The lowest BCUT2D eigenvalue weighted by Gasteiger charge is -2.32. The van der Waals surface area contributed by atoms with Crippen LogP contribution in [0.4, 0.5) is 0 Å². The Balaban J connectivity index is 2.23. The summed E-state index contributed by atoms with van der Waals surface area (Å²) in [7, 11) is 2.14. The van der Waals surface area contributed by atoms with Crippen LogP contribution in [0.1, 0.15) is 35.5 Å². The number of aryl methyl sites for hydroxylation is 1. The van der Waals surface area contributed by atoms with E-state index < -0.39 is 0 Å². The maximum Gasteiger partial charge on any atom is 0.0798 e. The SMILES string of the molecule is CCC(N)C(c1ccc(Br)cc1)N(C)Cc1scnc1C. The average molecular weight is 368 g/mol. The van der Waals surface area contributed by atoms with Crippen LogP contribution in [-0.4, -0.2) is 23.0 Å². The molecule has 5 heteroatoms. The van der Waals surface area contributed by atoms with E-state index in [9.17, 15) is 0 Å². The summed E-state index contributed by atoms with van der Waals surface area (Å²) in [4.78, 5) is 7.97. The lowest BCUT2D eigenvalue weighted by Crippen LogP contribution is -2.38. The molecule has 0 radical (unpaired) electrons. The minimum Gasteiger partial charge on any atom is -0.326 e. The number of thiazole rings is 1. The van der Waals surface area contributed by atoms with E-state index in [1.54, 1.807) is 11.3 Å². The van der Waals surface area contributed by atoms with Gasteiger partial charge in [0.05, 0.1) is 11.2 Å². The fourth-order valence-electron chi connectivity index (χ4n) is 2.51. The van der Waals surface area contributed by atoms with Crippen molar-refractivity contribution in [3.8, 4) is 0 Å². The molecule has 2 N–H and O–H groups in total. The molecule has 114 valence electrons. The summed E-state index contributed by atoms with van der Waals surface area (Å²) in [5.41, 5.74) is 10.7. The topological polar surface area (TPSA) is 42.1 Å². The molecule has 1 aromatic heterocycles. The molecular formula is C16H22BrN3S. The predicted molar refractivity (Wildman–Crippen MR) is 93.5 cm³/mol. The van der Waals surface area contributed by atoms with Crippen LogP contribution in [0.3, 0.4) is 0 Å². The highest BCUT2D eigenvalue weighted by Crippen LogP contribution is 2.28. The van der Waals surface area contributed by atoms with Gasteiger partial charge in [-0.15, -0.1) is 11.3 Å². The minimum absolute atomic E-state index is 0.115. The van der Waals surface area contributed by atoms with Gasteiger partial charge < -0.3 is 5.73 Å². The van der Waals surface area contributed by atoms with Crippen molar-refractivity contribution in [2.24, 2.45) is 5.73 Å². The van der Waals surface area contributed by atoms with E-state index in [2.05, 4.69) is 71.0 Å². The highest BCUT2D eigenvalue weighted by molar-refractivity contribution is 9.10. The first kappa shape index (κ1) is 16.6. The number of benzene rings is 1. The molecule has 1 heterocycles. The van der Waals surface area contributed by atoms with Crippen molar-refractivity contribution in [1.82, 2.24) is 9.88 Å². The van der Waals surface area contributed by atoms with Crippen molar-refractivity contribution in [3.63, 3.8) is 0 Å². The molecule has 21 heavy (non-hydrogen) atoms. The molecule has 2 rings (SSSR count). The first-order valence-corrected chi connectivity index (χ1v) is 8.80. The second-order valence-corrected chi connectivity index (χ2v) is 7.20. The van der Waals surface area contributed by atoms with Gasteiger partial charge in [-0.05, 0) is 38.1 Å². The molecule has 0 bridgehead atoms. The predicted octanol–water partition coefficient (Wildman–Crippen LogP) is 4.12. The summed E-state index contributed by atoms with van der Waals surface area (Å²) >= 11 is 5.20. The number of hydrogen-bond acceptors (Lipinski definition) is 4. The van der Waals surface area contributed by atoms with E-state index >= 15 is 0 Å². The van der Waals surface area contributed by atoms with Crippen molar-refractivity contribution in [2.75, 3.05) is 7.05 Å². The third-order valence-corrected chi connectivity index (χ3v) is 5.25. The zero-order valence-corrected chi connectivity index (χ0v) is 15.1. The molecule has 0 fully saturated rings. The van der Waals surface area contributed by atoms with Crippen molar-refractivity contribution < 1.29 is 0 Å². The van der Waals surface area contributed by atoms with Gasteiger partial charge in [0.15, 0.2) is 0 Å². The number of hydrogen-bond donors (Lipinski definition) is 1.